The molecular weight excluding hydrogens is 184 g/mol. The van der Waals surface area contributed by atoms with Crippen molar-refractivity contribution in [1.29, 1.82) is 0 Å². The van der Waals surface area contributed by atoms with Crippen LogP contribution >= 0.6 is 0 Å². The number of unbranched alkanes of at least 4 members (excludes halogenated alkanes) is 3. The lowest BCUT2D eigenvalue weighted by Gasteiger charge is -2.23. The number of nitrogens with zero attached hydrogens (tertiary/aromatic N) is 1. The van der Waals surface area contributed by atoms with Crippen LogP contribution in [0.1, 0.15) is 51.4 Å². The van der Waals surface area contributed by atoms with Gasteiger partial charge in [0.1, 0.15) is 0 Å². The summed E-state index contributed by atoms with van der Waals surface area (Å²) < 4.78 is 0. The smallest absolute Gasteiger partial charge is 0.00922 e. The first-order chi connectivity index (χ1) is 7.34. The van der Waals surface area contributed by atoms with E-state index in [2.05, 4.69) is 17.3 Å². The van der Waals surface area contributed by atoms with E-state index in [0.717, 1.165) is 6.04 Å². The number of hydrogen-bond acceptors (Lipinski definition) is 2. The summed E-state index contributed by atoms with van der Waals surface area (Å²) in [6, 6.07) is 0.905. The van der Waals surface area contributed by atoms with Gasteiger partial charge in [-0.25, -0.2) is 0 Å². The molecule has 2 nitrogen and oxygen atoms in total. The highest BCUT2D eigenvalue weighted by Crippen LogP contribution is 2.22. The van der Waals surface area contributed by atoms with Gasteiger partial charge in [0.25, 0.3) is 0 Å². The first kappa shape index (κ1) is 13.0. The molecule has 0 radical (unpaired) electrons. The van der Waals surface area contributed by atoms with E-state index in [1.165, 1.54) is 64.5 Å². The van der Waals surface area contributed by atoms with Crippen LogP contribution in [0.3, 0.4) is 0 Å². The Morgan fingerprint density at radius 3 is 2.40 bits per heavy atom. The average Bonchev–Trinajstić information content (AvgIpc) is 2.76. The zero-order chi connectivity index (χ0) is 10.9. The van der Waals surface area contributed by atoms with Crippen LogP contribution in [0.15, 0.2) is 0 Å². The summed E-state index contributed by atoms with van der Waals surface area (Å²) in [5, 5.41) is 3.20. The van der Waals surface area contributed by atoms with Crippen LogP contribution in [0.4, 0.5) is 0 Å². The third kappa shape index (κ3) is 5.53. The van der Waals surface area contributed by atoms with Crippen molar-refractivity contribution < 1.29 is 0 Å². The van der Waals surface area contributed by atoms with E-state index < -0.39 is 0 Å². The van der Waals surface area contributed by atoms with Crippen LogP contribution in [-0.4, -0.2) is 38.1 Å². The molecule has 0 aliphatic heterocycles. The molecule has 1 aliphatic rings. The van der Waals surface area contributed by atoms with Crippen LogP contribution in [0.25, 0.3) is 0 Å². The van der Waals surface area contributed by atoms with Crippen LogP contribution in [-0.2, 0) is 0 Å². The van der Waals surface area contributed by atoms with Crippen molar-refractivity contribution >= 4 is 0 Å². The Bertz CT molecular complexity index is 141. The molecule has 0 aromatic heterocycles. The first-order valence-electron chi connectivity index (χ1n) is 6.69. The quantitative estimate of drug-likeness (QED) is 0.622. The lowest BCUT2D eigenvalue weighted by Crippen LogP contribution is -2.29. The highest BCUT2D eigenvalue weighted by atomic mass is 15.1. The maximum Gasteiger partial charge on any atom is 0.00922 e. The number of rotatable bonds is 8. The second-order valence-corrected chi connectivity index (χ2v) is 4.94. The fourth-order valence-corrected chi connectivity index (χ4v) is 2.54. The minimum atomic E-state index is 0.905. The molecule has 0 atom stereocenters. The third-order valence-electron chi connectivity index (χ3n) is 3.64. The zero-order valence-electron chi connectivity index (χ0n) is 10.6. The Balaban J connectivity index is 1.90. The first-order valence-corrected chi connectivity index (χ1v) is 6.69. The molecule has 0 bridgehead atoms. The minimum Gasteiger partial charge on any atom is -0.320 e. The predicted octanol–water partition coefficient (Wildman–Crippen LogP) is 2.64. The summed E-state index contributed by atoms with van der Waals surface area (Å²) in [7, 11) is 4.34. The van der Waals surface area contributed by atoms with Gasteiger partial charge < -0.3 is 10.2 Å². The Labute approximate surface area is 95.4 Å². The molecule has 1 saturated carbocycles. The van der Waals surface area contributed by atoms with Crippen molar-refractivity contribution in [3.8, 4) is 0 Å². The molecule has 1 rings (SSSR count). The van der Waals surface area contributed by atoms with Crippen molar-refractivity contribution in [2.45, 2.75) is 57.4 Å². The van der Waals surface area contributed by atoms with E-state index in [1.54, 1.807) is 0 Å². The Morgan fingerprint density at radius 2 is 1.73 bits per heavy atom. The summed E-state index contributed by atoms with van der Waals surface area (Å²) in [4.78, 5) is 2.59. The van der Waals surface area contributed by atoms with Crippen LogP contribution in [0.5, 0.6) is 0 Å². The summed E-state index contributed by atoms with van der Waals surface area (Å²) in [5.41, 5.74) is 0. The van der Waals surface area contributed by atoms with Gasteiger partial charge in [-0.15, -0.1) is 0 Å². The van der Waals surface area contributed by atoms with E-state index in [-0.39, 0.29) is 0 Å². The van der Waals surface area contributed by atoms with Gasteiger partial charge in [-0.2, -0.15) is 0 Å². The topological polar surface area (TPSA) is 15.3 Å². The molecule has 0 amide bonds. The van der Waals surface area contributed by atoms with Gasteiger partial charge >= 0.3 is 0 Å². The van der Waals surface area contributed by atoms with Gasteiger partial charge in [-0.3, -0.25) is 0 Å². The molecule has 0 aromatic carbocycles. The third-order valence-corrected chi connectivity index (χ3v) is 3.64. The highest BCUT2D eigenvalue weighted by molar-refractivity contribution is 4.74. The van der Waals surface area contributed by atoms with Crippen molar-refractivity contribution in [1.82, 2.24) is 10.2 Å². The van der Waals surface area contributed by atoms with E-state index >= 15 is 0 Å². The van der Waals surface area contributed by atoms with E-state index in [0.29, 0.717) is 0 Å². The van der Waals surface area contributed by atoms with Crippen molar-refractivity contribution in [2.24, 2.45) is 0 Å². The van der Waals surface area contributed by atoms with Crippen LogP contribution < -0.4 is 5.32 Å². The molecular formula is C13H28N2. The highest BCUT2D eigenvalue weighted by Gasteiger charge is 2.18. The molecule has 0 heterocycles. The van der Waals surface area contributed by atoms with Gasteiger partial charge in [0, 0.05) is 6.04 Å². The maximum atomic E-state index is 3.20. The molecule has 2 heteroatoms. The normalized spacial score (nSPS) is 17.8. The largest absolute Gasteiger partial charge is 0.320 e. The van der Waals surface area contributed by atoms with E-state index in [9.17, 15) is 0 Å². The molecule has 1 N–H and O–H groups in total. The van der Waals surface area contributed by atoms with Gasteiger partial charge in [0.05, 0.1) is 0 Å². The molecule has 0 spiro atoms. The van der Waals surface area contributed by atoms with Crippen molar-refractivity contribution in [3.05, 3.63) is 0 Å². The predicted molar refractivity (Wildman–Crippen MR) is 67.3 cm³/mol. The number of hydrogen-bond donors (Lipinski definition) is 1. The fourth-order valence-electron chi connectivity index (χ4n) is 2.54. The van der Waals surface area contributed by atoms with Gasteiger partial charge in [-0.1, -0.05) is 25.7 Å². The Kier molecular flexibility index (Phi) is 7.03. The fraction of sp³-hybridized carbons (Fsp3) is 1.00. The molecule has 15 heavy (non-hydrogen) atoms. The molecule has 0 unspecified atom stereocenters. The summed E-state index contributed by atoms with van der Waals surface area (Å²) in [5.74, 6) is 0. The summed E-state index contributed by atoms with van der Waals surface area (Å²) >= 11 is 0. The molecule has 1 fully saturated rings. The Morgan fingerprint density at radius 1 is 1.07 bits per heavy atom. The lowest BCUT2D eigenvalue weighted by molar-refractivity contribution is 0.240. The minimum absolute atomic E-state index is 0.905. The summed E-state index contributed by atoms with van der Waals surface area (Å²) in [6.45, 7) is 2.49. The van der Waals surface area contributed by atoms with Crippen LogP contribution in [0, 0.1) is 0 Å². The second kappa shape index (κ2) is 8.12. The SMILES string of the molecule is CNCCCCCCN(C)C1CCCC1. The van der Waals surface area contributed by atoms with Gasteiger partial charge in [-0.05, 0) is 52.9 Å². The van der Waals surface area contributed by atoms with E-state index in [4.69, 9.17) is 0 Å². The van der Waals surface area contributed by atoms with Crippen LogP contribution in [0.2, 0.25) is 0 Å². The molecule has 0 aromatic rings. The summed E-state index contributed by atoms with van der Waals surface area (Å²) in [6.07, 6.45) is 11.3. The lowest BCUT2D eigenvalue weighted by atomic mass is 10.1. The zero-order valence-corrected chi connectivity index (χ0v) is 10.6. The average molecular weight is 212 g/mol. The number of nitrogens with one attached hydrogen (secondary N) is 1. The van der Waals surface area contributed by atoms with Gasteiger partial charge in [0.15, 0.2) is 0 Å². The van der Waals surface area contributed by atoms with E-state index in [1.807, 2.05) is 7.05 Å². The molecule has 1 aliphatic carbocycles. The Hall–Kier alpha value is -0.0800. The van der Waals surface area contributed by atoms with Gasteiger partial charge in [0.2, 0.25) is 0 Å². The van der Waals surface area contributed by atoms with Crippen molar-refractivity contribution in [2.75, 3.05) is 27.2 Å². The monoisotopic (exact) mass is 212 g/mol. The molecule has 90 valence electrons. The molecule has 0 saturated heterocycles. The standard InChI is InChI=1S/C13H28N2/c1-14-11-7-3-4-8-12-15(2)13-9-5-6-10-13/h13-14H,3-12H2,1-2H3. The van der Waals surface area contributed by atoms with Crippen molar-refractivity contribution in [3.63, 3.8) is 0 Å². The maximum absolute atomic E-state index is 3.20. The second-order valence-electron chi connectivity index (χ2n) is 4.94.